The first-order chi connectivity index (χ1) is 14.1. The van der Waals surface area contributed by atoms with Crippen LogP contribution in [0.2, 0.25) is 0 Å². The predicted molar refractivity (Wildman–Crippen MR) is 109 cm³/mol. The van der Waals surface area contributed by atoms with Gasteiger partial charge in [-0.3, -0.25) is 9.36 Å². The molecule has 7 heteroatoms. The molecule has 3 heterocycles. The zero-order valence-corrected chi connectivity index (χ0v) is 17.0. The van der Waals surface area contributed by atoms with E-state index in [0.29, 0.717) is 12.8 Å². The average Bonchev–Trinajstić information content (AvgIpc) is 3.46. The van der Waals surface area contributed by atoms with E-state index >= 15 is 0 Å². The van der Waals surface area contributed by atoms with Crippen LogP contribution in [0.15, 0.2) is 41.2 Å². The molecule has 1 fully saturated rings. The summed E-state index contributed by atoms with van der Waals surface area (Å²) in [4.78, 5) is 14.9. The normalized spacial score (nSPS) is 16.5. The van der Waals surface area contributed by atoms with E-state index in [2.05, 4.69) is 20.3 Å². The lowest BCUT2D eigenvalue weighted by Crippen LogP contribution is -2.36. The topological polar surface area (TPSA) is 77.1 Å². The number of nitrogens with zero attached hydrogens (tertiary/aromatic N) is 5. The molecule has 1 amide bonds. The van der Waals surface area contributed by atoms with Crippen molar-refractivity contribution in [3.63, 3.8) is 0 Å². The minimum Gasteiger partial charge on any atom is -0.361 e. The van der Waals surface area contributed by atoms with Crippen LogP contribution < -0.4 is 0 Å². The second-order valence-electron chi connectivity index (χ2n) is 7.68. The lowest BCUT2D eigenvalue weighted by Gasteiger charge is -2.25. The van der Waals surface area contributed by atoms with Crippen molar-refractivity contribution in [1.82, 2.24) is 24.8 Å². The van der Waals surface area contributed by atoms with Crippen LogP contribution in [0.1, 0.15) is 48.5 Å². The Hall–Kier alpha value is -2.96. The van der Waals surface area contributed by atoms with Gasteiger partial charge in [0.1, 0.15) is 17.9 Å². The SMILES string of the molecule is Cc1noc(C)c1CCC(=O)N1CCCC1CCc1nncn1-c1ccccc1. The zero-order chi connectivity index (χ0) is 20.2. The molecule has 0 radical (unpaired) electrons. The van der Waals surface area contributed by atoms with E-state index in [4.69, 9.17) is 4.52 Å². The minimum absolute atomic E-state index is 0.219. The second-order valence-corrected chi connectivity index (χ2v) is 7.68. The predicted octanol–water partition coefficient (Wildman–Crippen LogP) is 3.43. The first-order valence-electron chi connectivity index (χ1n) is 10.3. The number of hydrogen-bond acceptors (Lipinski definition) is 5. The average molecular weight is 393 g/mol. The molecule has 4 rings (SSSR count). The molecule has 2 aromatic heterocycles. The van der Waals surface area contributed by atoms with Crippen molar-refractivity contribution >= 4 is 5.91 Å². The highest BCUT2D eigenvalue weighted by Crippen LogP contribution is 2.24. The van der Waals surface area contributed by atoms with Crippen molar-refractivity contribution in [2.75, 3.05) is 6.54 Å². The maximum atomic E-state index is 12.9. The summed E-state index contributed by atoms with van der Waals surface area (Å²) in [5.41, 5.74) is 3.00. The molecule has 152 valence electrons. The number of hydrogen-bond donors (Lipinski definition) is 0. The zero-order valence-electron chi connectivity index (χ0n) is 17.0. The van der Waals surface area contributed by atoms with Crippen LogP contribution in [-0.2, 0) is 17.6 Å². The van der Waals surface area contributed by atoms with Crippen molar-refractivity contribution in [1.29, 1.82) is 0 Å². The van der Waals surface area contributed by atoms with Crippen LogP contribution in [0.25, 0.3) is 5.69 Å². The van der Waals surface area contributed by atoms with Crippen LogP contribution in [-0.4, -0.2) is 43.3 Å². The standard InChI is InChI=1S/C22H27N5O2/c1-16-20(17(2)29-25-16)11-13-22(28)26-14-6-9-19(26)10-12-21-24-23-15-27(21)18-7-4-3-5-8-18/h3-5,7-8,15,19H,6,9-14H2,1-2H3. The molecule has 0 saturated carbocycles. The van der Waals surface area contributed by atoms with Gasteiger partial charge in [-0.1, -0.05) is 23.4 Å². The van der Waals surface area contributed by atoms with Gasteiger partial charge in [0.05, 0.1) is 5.69 Å². The Bertz CT molecular complexity index is 943. The van der Waals surface area contributed by atoms with Gasteiger partial charge in [0.2, 0.25) is 5.91 Å². The van der Waals surface area contributed by atoms with E-state index in [1.165, 1.54) is 0 Å². The number of likely N-dealkylation sites (tertiary alicyclic amines) is 1. The number of carbonyl (C=O) groups excluding carboxylic acids is 1. The molecule has 1 aliphatic heterocycles. The monoisotopic (exact) mass is 393 g/mol. The van der Waals surface area contributed by atoms with Gasteiger partial charge in [0.25, 0.3) is 0 Å². The maximum Gasteiger partial charge on any atom is 0.223 e. The van der Waals surface area contributed by atoms with Crippen molar-refractivity contribution < 1.29 is 9.32 Å². The maximum absolute atomic E-state index is 12.9. The molecular formula is C22H27N5O2. The van der Waals surface area contributed by atoms with E-state index in [1.807, 2.05) is 48.7 Å². The number of aryl methyl sites for hydroxylation is 3. The summed E-state index contributed by atoms with van der Waals surface area (Å²) in [5.74, 6) is 1.97. The highest BCUT2D eigenvalue weighted by atomic mass is 16.5. The van der Waals surface area contributed by atoms with Gasteiger partial charge < -0.3 is 9.42 Å². The smallest absolute Gasteiger partial charge is 0.223 e. The number of aromatic nitrogens is 4. The third-order valence-electron chi connectivity index (χ3n) is 5.82. The van der Waals surface area contributed by atoms with Crippen LogP contribution in [0.4, 0.5) is 0 Å². The van der Waals surface area contributed by atoms with Gasteiger partial charge in [0.15, 0.2) is 0 Å². The summed E-state index contributed by atoms with van der Waals surface area (Å²) in [6.45, 7) is 4.68. The minimum atomic E-state index is 0.219. The van der Waals surface area contributed by atoms with Crippen LogP contribution in [0, 0.1) is 13.8 Å². The van der Waals surface area contributed by atoms with E-state index < -0.39 is 0 Å². The molecule has 29 heavy (non-hydrogen) atoms. The van der Waals surface area contributed by atoms with Crippen LogP contribution in [0.5, 0.6) is 0 Å². The lowest BCUT2D eigenvalue weighted by molar-refractivity contribution is -0.132. The largest absolute Gasteiger partial charge is 0.361 e. The fraction of sp³-hybridized carbons (Fsp3) is 0.455. The number of para-hydroxylation sites is 1. The van der Waals surface area contributed by atoms with Crippen molar-refractivity contribution in [3.05, 3.63) is 59.5 Å². The molecular weight excluding hydrogens is 366 g/mol. The fourth-order valence-electron chi connectivity index (χ4n) is 4.23. The molecule has 7 nitrogen and oxygen atoms in total. The fourth-order valence-corrected chi connectivity index (χ4v) is 4.23. The highest BCUT2D eigenvalue weighted by Gasteiger charge is 2.29. The summed E-state index contributed by atoms with van der Waals surface area (Å²) in [6.07, 6.45) is 6.76. The Morgan fingerprint density at radius 3 is 2.79 bits per heavy atom. The Kier molecular flexibility index (Phi) is 5.74. The van der Waals surface area contributed by atoms with Gasteiger partial charge in [-0.15, -0.1) is 10.2 Å². The highest BCUT2D eigenvalue weighted by molar-refractivity contribution is 5.77. The van der Waals surface area contributed by atoms with E-state index in [0.717, 1.165) is 60.8 Å². The van der Waals surface area contributed by atoms with Crippen molar-refractivity contribution in [2.45, 2.75) is 58.4 Å². The molecule has 0 N–H and O–H groups in total. The molecule has 3 aromatic rings. The molecule has 1 atom stereocenters. The summed E-state index contributed by atoms with van der Waals surface area (Å²) in [6, 6.07) is 10.4. The second kappa shape index (κ2) is 8.59. The van der Waals surface area contributed by atoms with Gasteiger partial charge >= 0.3 is 0 Å². The van der Waals surface area contributed by atoms with Gasteiger partial charge in [0, 0.05) is 36.7 Å². The number of rotatable bonds is 7. The Balaban J connectivity index is 1.36. The molecule has 0 aliphatic carbocycles. The summed E-state index contributed by atoms with van der Waals surface area (Å²) in [5, 5.41) is 12.4. The first-order valence-corrected chi connectivity index (χ1v) is 10.3. The molecule has 1 saturated heterocycles. The lowest BCUT2D eigenvalue weighted by atomic mass is 10.1. The summed E-state index contributed by atoms with van der Waals surface area (Å²) >= 11 is 0. The van der Waals surface area contributed by atoms with E-state index in [9.17, 15) is 4.79 Å². The number of carbonyl (C=O) groups is 1. The number of benzene rings is 1. The van der Waals surface area contributed by atoms with Crippen molar-refractivity contribution in [3.8, 4) is 5.69 Å². The van der Waals surface area contributed by atoms with Gasteiger partial charge in [-0.25, -0.2) is 0 Å². The summed E-state index contributed by atoms with van der Waals surface area (Å²) < 4.78 is 7.24. The third kappa shape index (κ3) is 4.23. The Labute approximate surface area is 170 Å². The Morgan fingerprint density at radius 1 is 1.21 bits per heavy atom. The molecule has 0 spiro atoms. The quantitative estimate of drug-likeness (QED) is 0.615. The molecule has 1 aliphatic rings. The van der Waals surface area contributed by atoms with Crippen LogP contribution >= 0.6 is 0 Å². The van der Waals surface area contributed by atoms with E-state index in [1.54, 1.807) is 6.33 Å². The molecule has 1 aromatic carbocycles. The van der Waals surface area contributed by atoms with Crippen LogP contribution in [0.3, 0.4) is 0 Å². The Morgan fingerprint density at radius 2 is 2.03 bits per heavy atom. The van der Waals surface area contributed by atoms with Gasteiger partial charge in [-0.2, -0.15) is 0 Å². The molecule has 1 unspecified atom stereocenters. The first kappa shape index (κ1) is 19.4. The summed E-state index contributed by atoms with van der Waals surface area (Å²) in [7, 11) is 0. The van der Waals surface area contributed by atoms with E-state index in [-0.39, 0.29) is 11.9 Å². The molecule has 0 bridgehead atoms. The number of amides is 1. The van der Waals surface area contributed by atoms with Gasteiger partial charge in [-0.05, 0) is 51.7 Å². The van der Waals surface area contributed by atoms with Crippen molar-refractivity contribution in [2.24, 2.45) is 0 Å². The third-order valence-corrected chi connectivity index (χ3v) is 5.82.